The monoisotopic (exact) mass is 167 g/mol. The Morgan fingerprint density at radius 1 is 1.58 bits per heavy atom. The average Bonchev–Trinajstić information content (AvgIpc) is 2.03. The summed E-state index contributed by atoms with van der Waals surface area (Å²) >= 11 is 0. The van der Waals surface area contributed by atoms with E-state index in [1.807, 2.05) is 6.92 Å². The fourth-order valence-electron chi connectivity index (χ4n) is 0.967. The Bertz CT molecular complexity index is 262. The molecule has 12 heavy (non-hydrogen) atoms. The van der Waals surface area contributed by atoms with Crippen LogP contribution in [0.3, 0.4) is 0 Å². The van der Waals surface area contributed by atoms with Crippen LogP contribution in [0.5, 0.6) is 0 Å². The Labute approximate surface area is 71.8 Å². The summed E-state index contributed by atoms with van der Waals surface area (Å²) < 4.78 is 4.94. The molecule has 1 aromatic rings. The van der Waals surface area contributed by atoms with Crippen LogP contribution in [0.2, 0.25) is 0 Å². The molecule has 0 amide bonds. The Balaban J connectivity index is 2.72. The smallest absolute Gasteiger partial charge is 0.220 e. The molecule has 0 radical (unpaired) electrons. The molecule has 0 saturated heterocycles. The van der Waals surface area contributed by atoms with Crippen LogP contribution in [0.1, 0.15) is 11.3 Å². The van der Waals surface area contributed by atoms with Crippen molar-refractivity contribution in [2.75, 3.05) is 19.5 Å². The third-order valence-corrected chi connectivity index (χ3v) is 1.68. The van der Waals surface area contributed by atoms with Gasteiger partial charge in [0.1, 0.15) is 0 Å². The largest absolute Gasteiger partial charge is 0.384 e. The fraction of sp³-hybridized carbons (Fsp3) is 0.500. The molecule has 4 heteroatoms. The fourth-order valence-corrected chi connectivity index (χ4v) is 0.967. The minimum atomic E-state index is 0.327. The highest BCUT2D eigenvalue weighted by molar-refractivity contribution is 5.24. The summed E-state index contributed by atoms with van der Waals surface area (Å²) in [7, 11) is 1.67. The molecule has 0 aliphatic heterocycles. The molecule has 1 heterocycles. The zero-order chi connectivity index (χ0) is 8.97. The summed E-state index contributed by atoms with van der Waals surface area (Å²) in [6.07, 6.45) is 2.58. The molecule has 66 valence electrons. The Morgan fingerprint density at radius 3 is 2.92 bits per heavy atom. The lowest BCUT2D eigenvalue weighted by Crippen LogP contribution is -2.03. The minimum absolute atomic E-state index is 0.327. The SMILES string of the molecule is COCCc1cnc(N)nc1C. The summed E-state index contributed by atoms with van der Waals surface area (Å²) in [5, 5.41) is 0. The maximum atomic E-state index is 5.40. The van der Waals surface area contributed by atoms with Gasteiger partial charge in [-0.3, -0.25) is 0 Å². The molecular weight excluding hydrogens is 154 g/mol. The number of nitrogens with two attached hydrogens (primary N) is 1. The van der Waals surface area contributed by atoms with Gasteiger partial charge >= 0.3 is 0 Å². The maximum Gasteiger partial charge on any atom is 0.220 e. The van der Waals surface area contributed by atoms with E-state index in [1.165, 1.54) is 0 Å². The van der Waals surface area contributed by atoms with E-state index in [0.717, 1.165) is 17.7 Å². The van der Waals surface area contributed by atoms with E-state index in [1.54, 1.807) is 13.3 Å². The van der Waals surface area contributed by atoms with Crippen molar-refractivity contribution in [2.45, 2.75) is 13.3 Å². The molecule has 0 aliphatic carbocycles. The highest BCUT2D eigenvalue weighted by Gasteiger charge is 1.99. The first-order valence-electron chi connectivity index (χ1n) is 3.81. The summed E-state index contributed by atoms with van der Waals surface area (Å²) in [5.41, 5.74) is 7.42. The number of hydrogen-bond acceptors (Lipinski definition) is 4. The van der Waals surface area contributed by atoms with E-state index in [2.05, 4.69) is 9.97 Å². The van der Waals surface area contributed by atoms with Crippen molar-refractivity contribution >= 4 is 5.95 Å². The van der Waals surface area contributed by atoms with Gasteiger partial charge in [0, 0.05) is 19.0 Å². The molecule has 0 fully saturated rings. The first kappa shape index (κ1) is 8.93. The molecule has 0 spiro atoms. The van der Waals surface area contributed by atoms with Gasteiger partial charge < -0.3 is 10.5 Å². The van der Waals surface area contributed by atoms with Crippen molar-refractivity contribution < 1.29 is 4.74 Å². The Kier molecular flexibility index (Phi) is 2.99. The quantitative estimate of drug-likeness (QED) is 0.714. The summed E-state index contributed by atoms with van der Waals surface area (Å²) in [4.78, 5) is 7.94. The minimum Gasteiger partial charge on any atom is -0.384 e. The van der Waals surface area contributed by atoms with Crippen molar-refractivity contribution in [2.24, 2.45) is 0 Å². The van der Waals surface area contributed by atoms with E-state index in [-0.39, 0.29) is 0 Å². The normalized spacial score (nSPS) is 10.2. The molecule has 4 nitrogen and oxygen atoms in total. The molecular formula is C8H13N3O. The lowest BCUT2D eigenvalue weighted by Gasteiger charge is -2.03. The molecule has 0 bridgehead atoms. The third kappa shape index (κ3) is 2.17. The van der Waals surface area contributed by atoms with E-state index in [4.69, 9.17) is 10.5 Å². The van der Waals surface area contributed by atoms with Gasteiger partial charge in [0.05, 0.1) is 6.61 Å². The van der Waals surface area contributed by atoms with Gasteiger partial charge in [-0.15, -0.1) is 0 Å². The Morgan fingerprint density at radius 2 is 2.33 bits per heavy atom. The summed E-state index contributed by atoms with van der Waals surface area (Å²) in [5.74, 6) is 0.327. The molecule has 2 N–H and O–H groups in total. The molecule has 0 saturated carbocycles. The average molecular weight is 167 g/mol. The summed E-state index contributed by atoms with van der Waals surface area (Å²) in [6, 6.07) is 0. The van der Waals surface area contributed by atoms with E-state index < -0.39 is 0 Å². The molecule has 0 aromatic carbocycles. The number of nitrogen functional groups attached to an aromatic ring is 1. The van der Waals surface area contributed by atoms with Gasteiger partial charge in [0.2, 0.25) is 5.95 Å². The number of rotatable bonds is 3. The van der Waals surface area contributed by atoms with Crippen LogP contribution in [0.4, 0.5) is 5.95 Å². The number of aromatic nitrogens is 2. The van der Waals surface area contributed by atoms with Gasteiger partial charge in [-0.05, 0) is 18.9 Å². The predicted molar refractivity (Wildman–Crippen MR) is 46.8 cm³/mol. The van der Waals surface area contributed by atoms with Gasteiger partial charge in [0.15, 0.2) is 0 Å². The number of aryl methyl sites for hydroxylation is 1. The van der Waals surface area contributed by atoms with Gasteiger partial charge in [-0.1, -0.05) is 0 Å². The van der Waals surface area contributed by atoms with E-state index in [9.17, 15) is 0 Å². The van der Waals surface area contributed by atoms with Crippen LogP contribution < -0.4 is 5.73 Å². The lowest BCUT2D eigenvalue weighted by atomic mass is 10.2. The third-order valence-electron chi connectivity index (χ3n) is 1.68. The molecule has 0 aliphatic rings. The van der Waals surface area contributed by atoms with E-state index >= 15 is 0 Å². The van der Waals surface area contributed by atoms with Gasteiger partial charge in [0.25, 0.3) is 0 Å². The standard InChI is InChI=1S/C8H13N3O/c1-6-7(3-4-12-2)5-10-8(9)11-6/h5H,3-4H2,1-2H3,(H2,9,10,11). The van der Waals surface area contributed by atoms with Crippen molar-refractivity contribution in [3.63, 3.8) is 0 Å². The second-order valence-electron chi connectivity index (χ2n) is 2.58. The highest BCUT2D eigenvalue weighted by atomic mass is 16.5. The number of anilines is 1. The van der Waals surface area contributed by atoms with Crippen molar-refractivity contribution in [3.8, 4) is 0 Å². The van der Waals surface area contributed by atoms with Crippen LogP contribution in [0.15, 0.2) is 6.20 Å². The van der Waals surface area contributed by atoms with Crippen LogP contribution in [-0.4, -0.2) is 23.7 Å². The zero-order valence-electron chi connectivity index (χ0n) is 7.37. The zero-order valence-corrected chi connectivity index (χ0v) is 7.37. The molecule has 0 atom stereocenters. The topological polar surface area (TPSA) is 61.0 Å². The second kappa shape index (κ2) is 4.01. The van der Waals surface area contributed by atoms with Gasteiger partial charge in [-0.2, -0.15) is 0 Å². The molecule has 1 rings (SSSR count). The first-order valence-corrected chi connectivity index (χ1v) is 3.81. The van der Waals surface area contributed by atoms with Crippen LogP contribution >= 0.6 is 0 Å². The number of ether oxygens (including phenoxy) is 1. The molecule has 1 aromatic heterocycles. The Hall–Kier alpha value is -1.16. The van der Waals surface area contributed by atoms with Crippen molar-refractivity contribution in [1.82, 2.24) is 9.97 Å². The van der Waals surface area contributed by atoms with Crippen LogP contribution in [-0.2, 0) is 11.2 Å². The van der Waals surface area contributed by atoms with E-state index in [0.29, 0.717) is 12.6 Å². The van der Waals surface area contributed by atoms with Gasteiger partial charge in [-0.25, -0.2) is 9.97 Å². The van der Waals surface area contributed by atoms with Crippen molar-refractivity contribution in [1.29, 1.82) is 0 Å². The summed E-state index contributed by atoms with van der Waals surface area (Å²) in [6.45, 7) is 2.61. The molecule has 0 unspecified atom stereocenters. The number of methoxy groups -OCH3 is 1. The van der Waals surface area contributed by atoms with Crippen molar-refractivity contribution in [3.05, 3.63) is 17.5 Å². The first-order chi connectivity index (χ1) is 5.74. The predicted octanol–water partition coefficient (Wildman–Crippen LogP) is 0.556. The second-order valence-corrected chi connectivity index (χ2v) is 2.58. The number of hydrogen-bond donors (Lipinski definition) is 1. The number of nitrogens with zero attached hydrogens (tertiary/aromatic N) is 2. The van der Waals surface area contributed by atoms with Crippen LogP contribution in [0.25, 0.3) is 0 Å². The maximum absolute atomic E-state index is 5.40. The highest BCUT2D eigenvalue weighted by Crippen LogP contribution is 2.05. The lowest BCUT2D eigenvalue weighted by molar-refractivity contribution is 0.202. The van der Waals surface area contributed by atoms with Crippen LogP contribution in [0, 0.1) is 6.92 Å².